The second kappa shape index (κ2) is 7.16. The highest BCUT2D eigenvalue weighted by Crippen LogP contribution is 2.37. The molecule has 1 aromatic rings. The zero-order valence-corrected chi connectivity index (χ0v) is 12.4. The second-order valence-electron chi connectivity index (χ2n) is 5.67. The number of para-hydroxylation sites is 1. The molecule has 118 valence electrons. The number of hydrogen-bond acceptors (Lipinski definition) is 2. The Morgan fingerprint density at radius 3 is 2.76 bits per heavy atom. The fourth-order valence-electron chi connectivity index (χ4n) is 2.92. The molecule has 1 fully saturated rings. The quantitative estimate of drug-likeness (QED) is 0.829. The Morgan fingerprint density at radius 2 is 2.05 bits per heavy atom. The molecule has 21 heavy (non-hydrogen) atoms. The normalized spacial score (nSPS) is 19.8. The molecule has 2 nitrogen and oxygen atoms in total. The standard InChI is InChI=1S/C16H23F3N2/c1-2-9-20-11-13-6-5-10-21(12-13)15-8-4-3-7-14(15)16(17,18)19/h3-4,7-8,13,20H,2,5-6,9-12H2,1H3. The number of benzene rings is 1. The van der Waals surface area contributed by atoms with E-state index in [0.717, 1.165) is 32.4 Å². The van der Waals surface area contributed by atoms with Gasteiger partial charge in [-0.1, -0.05) is 19.1 Å². The largest absolute Gasteiger partial charge is 0.418 e. The first-order valence-corrected chi connectivity index (χ1v) is 7.64. The molecule has 1 unspecified atom stereocenters. The number of nitrogens with one attached hydrogen (secondary N) is 1. The molecule has 1 aliphatic rings. The Bertz CT molecular complexity index is 445. The Morgan fingerprint density at radius 1 is 1.29 bits per heavy atom. The van der Waals surface area contributed by atoms with Gasteiger partial charge in [0.05, 0.1) is 5.56 Å². The van der Waals surface area contributed by atoms with Gasteiger partial charge in [0.25, 0.3) is 0 Å². The summed E-state index contributed by atoms with van der Waals surface area (Å²) in [6.07, 6.45) is -1.18. The van der Waals surface area contributed by atoms with E-state index in [9.17, 15) is 13.2 Å². The van der Waals surface area contributed by atoms with Gasteiger partial charge in [-0.05, 0) is 50.4 Å². The summed E-state index contributed by atoms with van der Waals surface area (Å²) in [6.45, 7) is 5.37. The minimum absolute atomic E-state index is 0.324. The van der Waals surface area contributed by atoms with Crippen LogP contribution in [0.15, 0.2) is 24.3 Å². The lowest BCUT2D eigenvalue weighted by molar-refractivity contribution is -0.137. The average Bonchev–Trinajstić information content (AvgIpc) is 2.47. The van der Waals surface area contributed by atoms with Gasteiger partial charge < -0.3 is 10.2 Å². The second-order valence-corrected chi connectivity index (χ2v) is 5.67. The monoisotopic (exact) mass is 300 g/mol. The predicted molar refractivity (Wildman–Crippen MR) is 79.5 cm³/mol. The molecular formula is C16H23F3N2. The third-order valence-corrected chi connectivity index (χ3v) is 3.93. The van der Waals surface area contributed by atoms with Crippen molar-refractivity contribution in [2.24, 2.45) is 5.92 Å². The van der Waals surface area contributed by atoms with Crippen molar-refractivity contribution in [1.82, 2.24) is 5.32 Å². The summed E-state index contributed by atoms with van der Waals surface area (Å²) in [6, 6.07) is 5.90. The van der Waals surface area contributed by atoms with Crippen molar-refractivity contribution in [2.45, 2.75) is 32.4 Å². The first kappa shape index (κ1) is 16.1. The number of rotatable bonds is 5. The number of hydrogen-bond donors (Lipinski definition) is 1. The van der Waals surface area contributed by atoms with Gasteiger partial charge in [0.1, 0.15) is 0 Å². The summed E-state index contributed by atoms with van der Waals surface area (Å²) < 4.78 is 39.3. The molecule has 1 N–H and O–H groups in total. The van der Waals surface area contributed by atoms with Crippen molar-refractivity contribution in [3.63, 3.8) is 0 Å². The van der Waals surface area contributed by atoms with E-state index in [2.05, 4.69) is 12.2 Å². The molecule has 1 atom stereocenters. The van der Waals surface area contributed by atoms with E-state index in [0.29, 0.717) is 24.7 Å². The zero-order chi connectivity index (χ0) is 15.3. The molecular weight excluding hydrogens is 277 g/mol. The van der Waals surface area contributed by atoms with Crippen LogP contribution in [0.2, 0.25) is 0 Å². The highest BCUT2D eigenvalue weighted by Gasteiger charge is 2.35. The first-order valence-electron chi connectivity index (χ1n) is 7.64. The topological polar surface area (TPSA) is 15.3 Å². The van der Waals surface area contributed by atoms with Gasteiger partial charge in [0, 0.05) is 18.8 Å². The van der Waals surface area contributed by atoms with Crippen LogP contribution in [0.3, 0.4) is 0 Å². The van der Waals surface area contributed by atoms with Gasteiger partial charge in [-0.2, -0.15) is 13.2 Å². The van der Waals surface area contributed by atoms with Crippen LogP contribution in [0.4, 0.5) is 18.9 Å². The fraction of sp³-hybridized carbons (Fsp3) is 0.625. The Kier molecular flexibility index (Phi) is 5.51. The molecule has 0 bridgehead atoms. The number of halogens is 3. The number of piperidine rings is 1. The summed E-state index contributed by atoms with van der Waals surface area (Å²) in [5.41, 5.74) is -0.197. The zero-order valence-electron chi connectivity index (χ0n) is 12.4. The van der Waals surface area contributed by atoms with E-state index < -0.39 is 11.7 Å². The Labute approximate surface area is 124 Å². The molecule has 0 radical (unpaired) electrons. The van der Waals surface area contributed by atoms with E-state index >= 15 is 0 Å². The Balaban J connectivity index is 2.08. The third-order valence-electron chi connectivity index (χ3n) is 3.93. The van der Waals surface area contributed by atoms with E-state index in [4.69, 9.17) is 0 Å². The van der Waals surface area contributed by atoms with Crippen LogP contribution in [-0.4, -0.2) is 26.2 Å². The van der Waals surface area contributed by atoms with Gasteiger partial charge in [0.2, 0.25) is 0 Å². The van der Waals surface area contributed by atoms with Crippen LogP contribution in [0.1, 0.15) is 31.7 Å². The van der Waals surface area contributed by atoms with Crippen molar-refractivity contribution >= 4 is 5.69 Å². The summed E-state index contributed by atoms with van der Waals surface area (Å²) in [5.74, 6) is 0.423. The number of anilines is 1. The molecule has 1 saturated heterocycles. The van der Waals surface area contributed by atoms with Crippen LogP contribution in [0.25, 0.3) is 0 Å². The third kappa shape index (κ3) is 4.37. The summed E-state index contributed by atoms with van der Waals surface area (Å²) in [7, 11) is 0. The molecule has 0 aliphatic carbocycles. The van der Waals surface area contributed by atoms with E-state index in [1.807, 2.05) is 4.90 Å². The summed E-state index contributed by atoms with van der Waals surface area (Å²) >= 11 is 0. The predicted octanol–water partition coefficient (Wildman–Crippen LogP) is 3.92. The van der Waals surface area contributed by atoms with Crippen LogP contribution >= 0.6 is 0 Å². The van der Waals surface area contributed by atoms with Crippen LogP contribution in [0.5, 0.6) is 0 Å². The van der Waals surface area contributed by atoms with Crippen molar-refractivity contribution < 1.29 is 13.2 Å². The molecule has 1 aliphatic heterocycles. The van der Waals surface area contributed by atoms with Gasteiger partial charge in [0.15, 0.2) is 0 Å². The lowest BCUT2D eigenvalue weighted by Gasteiger charge is -2.36. The van der Waals surface area contributed by atoms with Gasteiger partial charge in [-0.15, -0.1) is 0 Å². The average molecular weight is 300 g/mol. The SMILES string of the molecule is CCCNCC1CCCN(c2ccccc2C(F)(F)F)C1. The molecule has 1 aromatic carbocycles. The highest BCUT2D eigenvalue weighted by molar-refractivity contribution is 5.55. The minimum atomic E-state index is -4.29. The molecule has 0 aromatic heterocycles. The van der Waals surface area contributed by atoms with Crippen molar-refractivity contribution in [3.05, 3.63) is 29.8 Å². The fourth-order valence-corrected chi connectivity index (χ4v) is 2.92. The van der Waals surface area contributed by atoms with Gasteiger partial charge in [-0.25, -0.2) is 0 Å². The summed E-state index contributed by atoms with van der Waals surface area (Å²) in [5, 5.41) is 3.37. The maximum Gasteiger partial charge on any atom is 0.418 e. The van der Waals surface area contributed by atoms with E-state index in [1.165, 1.54) is 12.1 Å². The maximum absolute atomic E-state index is 13.1. The van der Waals surface area contributed by atoms with Crippen molar-refractivity contribution in [1.29, 1.82) is 0 Å². The van der Waals surface area contributed by atoms with Crippen LogP contribution in [0, 0.1) is 5.92 Å². The minimum Gasteiger partial charge on any atom is -0.371 e. The van der Waals surface area contributed by atoms with Crippen molar-refractivity contribution in [3.8, 4) is 0 Å². The van der Waals surface area contributed by atoms with Crippen LogP contribution < -0.4 is 10.2 Å². The Hall–Kier alpha value is -1.23. The lowest BCUT2D eigenvalue weighted by Crippen LogP contribution is -2.40. The molecule has 0 spiro atoms. The van der Waals surface area contributed by atoms with E-state index in [1.54, 1.807) is 12.1 Å². The van der Waals surface area contributed by atoms with Gasteiger partial charge in [-0.3, -0.25) is 0 Å². The van der Waals surface area contributed by atoms with Crippen LogP contribution in [-0.2, 0) is 6.18 Å². The van der Waals surface area contributed by atoms with Gasteiger partial charge >= 0.3 is 6.18 Å². The maximum atomic E-state index is 13.1. The smallest absolute Gasteiger partial charge is 0.371 e. The molecule has 1 heterocycles. The van der Waals surface area contributed by atoms with Crippen molar-refractivity contribution in [2.75, 3.05) is 31.1 Å². The summed E-state index contributed by atoms with van der Waals surface area (Å²) in [4.78, 5) is 1.89. The number of alkyl halides is 3. The first-order chi connectivity index (χ1) is 10.0. The molecule has 2 rings (SSSR count). The molecule has 0 saturated carbocycles. The van der Waals surface area contributed by atoms with E-state index in [-0.39, 0.29) is 0 Å². The number of nitrogens with zero attached hydrogens (tertiary/aromatic N) is 1. The molecule has 0 amide bonds. The highest BCUT2D eigenvalue weighted by atomic mass is 19.4. The molecule has 5 heteroatoms. The lowest BCUT2D eigenvalue weighted by atomic mass is 9.96.